The van der Waals surface area contributed by atoms with Crippen LogP contribution in [0.15, 0.2) is 48.5 Å². The first-order valence-corrected chi connectivity index (χ1v) is 8.61. The summed E-state index contributed by atoms with van der Waals surface area (Å²) in [7, 11) is 3.38. The van der Waals surface area contributed by atoms with Crippen molar-refractivity contribution in [1.29, 1.82) is 0 Å². The van der Waals surface area contributed by atoms with E-state index in [2.05, 4.69) is 10.6 Å². The van der Waals surface area contributed by atoms with Gasteiger partial charge in [0, 0.05) is 12.1 Å². The minimum Gasteiger partial charge on any atom is -0.496 e. The van der Waals surface area contributed by atoms with Gasteiger partial charge in [0.1, 0.15) is 5.75 Å². The van der Waals surface area contributed by atoms with Crippen LogP contribution in [0.4, 0.5) is 5.69 Å². The molecule has 7 heteroatoms. The third kappa shape index (κ3) is 6.06. The molecule has 2 amide bonds. The molecule has 1 unspecified atom stereocenters. The van der Waals surface area contributed by atoms with Gasteiger partial charge in [-0.05, 0) is 18.2 Å². The molecule has 0 radical (unpaired) electrons. The lowest BCUT2D eigenvalue weighted by Crippen LogP contribution is -3.11. The molecule has 0 aromatic heterocycles. The average Bonchev–Trinajstić information content (AvgIpc) is 2.62. The number of amides is 2. The second-order valence-electron chi connectivity index (χ2n) is 5.93. The summed E-state index contributed by atoms with van der Waals surface area (Å²) in [5.74, 6) is 0.389. The smallest absolute Gasteiger partial charge is 0.279 e. The molecular weight excluding hydrogens is 354 g/mol. The van der Waals surface area contributed by atoms with E-state index in [0.29, 0.717) is 17.3 Å². The monoisotopic (exact) mass is 376 g/mol. The van der Waals surface area contributed by atoms with Crippen LogP contribution >= 0.6 is 11.6 Å². The second kappa shape index (κ2) is 9.79. The zero-order valence-corrected chi connectivity index (χ0v) is 15.6. The van der Waals surface area contributed by atoms with Crippen LogP contribution in [0.25, 0.3) is 0 Å². The van der Waals surface area contributed by atoms with Crippen LogP contribution in [0.3, 0.4) is 0 Å². The predicted molar refractivity (Wildman–Crippen MR) is 102 cm³/mol. The summed E-state index contributed by atoms with van der Waals surface area (Å²) in [4.78, 5) is 24.9. The Morgan fingerprint density at radius 1 is 1.04 bits per heavy atom. The fourth-order valence-electron chi connectivity index (χ4n) is 2.47. The summed E-state index contributed by atoms with van der Waals surface area (Å²) in [5.41, 5.74) is 1.46. The Labute approximate surface area is 158 Å². The fraction of sp³-hybridized carbons (Fsp3) is 0.263. The van der Waals surface area contributed by atoms with Crippen molar-refractivity contribution in [3.8, 4) is 5.75 Å². The lowest BCUT2D eigenvalue weighted by molar-refractivity contribution is -0.862. The number of carbonyl (C=O) groups is 2. The van der Waals surface area contributed by atoms with E-state index in [4.69, 9.17) is 16.3 Å². The SMILES string of the molecule is COc1ccccc1CNC(=O)C[NH+](C)CC(=O)Nc1ccccc1Cl. The first kappa shape index (κ1) is 19.8. The average molecular weight is 377 g/mol. The van der Waals surface area contributed by atoms with Crippen molar-refractivity contribution in [3.63, 3.8) is 0 Å². The van der Waals surface area contributed by atoms with E-state index in [-0.39, 0.29) is 24.9 Å². The molecule has 6 nitrogen and oxygen atoms in total. The van der Waals surface area contributed by atoms with Crippen molar-refractivity contribution < 1.29 is 19.2 Å². The maximum atomic E-state index is 12.1. The van der Waals surface area contributed by atoms with Gasteiger partial charge in [-0.1, -0.05) is 41.9 Å². The number of benzene rings is 2. The van der Waals surface area contributed by atoms with Gasteiger partial charge in [0.05, 0.1) is 24.9 Å². The Morgan fingerprint density at radius 3 is 2.42 bits per heavy atom. The van der Waals surface area contributed by atoms with Crippen LogP contribution in [0.2, 0.25) is 5.02 Å². The van der Waals surface area contributed by atoms with Gasteiger partial charge in [0.2, 0.25) is 0 Å². The van der Waals surface area contributed by atoms with Crippen molar-refractivity contribution in [2.45, 2.75) is 6.54 Å². The minimum absolute atomic E-state index is 0.140. The van der Waals surface area contributed by atoms with Gasteiger partial charge in [-0.2, -0.15) is 0 Å². The first-order chi connectivity index (χ1) is 12.5. The molecule has 0 aliphatic carbocycles. The molecule has 26 heavy (non-hydrogen) atoms. The van der Waals surface area contributed by atoms with Gasteiger partial charge >= 0.3 is 0 Å². The van der Waals surface area contributed by atoms with Gasteiger partial charge in [-0.15, -0.1) is 0 Å². The summed E-state index contributed by atoms with van der Waals surface area (Å²) in [5, 5.41) is 6.07. The molecule has 0 aliphatic rings. The lowest BCUT2D eigenvalue weighted by Gasteiger charge is -2.14. The maximum Gasteiger partial charge on any atom is 0.279 e. The number of anilines is 1. The van der Waals surface area contributed by atoms with Crippen LogP contribution < -0.4 is 20.3 Å². The van der Waals surface area contributed by atoms with Crippen LogP contribution in [-0.4, -0.2) is 39.1 Å². The van der Waals surface area contributed by atoms with Crippen LogP contribution in [0.1, 0.15) is 5.56 Å². The highest BCUT2D eigenvalue weighted by Gasteiger charge is 2.15. The highest BCUT2D eigenvalue weighted by atomic mass is 35.5. The molecule has 0 fully saturated rings. The van der Waals surface area contributed by atoms with Crippen molar-refractivity contribution in [3.05, 3.63) is 59.1 Å². The number of nitrogens with one attached hydrogen (secondary N) is 3. The molecule has 0 spiro atoms. The Bertz CT molecular complexity index is 767. The molecule has 0 heterocycles. The van der Waals surface area contributed by atoms with Crippen LogP contribution in [-0.2, 0) is 16.1 Å². The highest BCUT2D eigenvalue weighted by Crippen LogP contribution is 2.20. The van der Waals surface area contributed by atoms with Gasteiger partial charge in [0.15, 0.2) is 13.1 Å². The highest BCUT2D eigenvalue weighted by molar-refractivity contribution is 6.33. The van der Waals surface area contributed by atoms with Crippen LogP contribution in [0, 0.1) is 0 Å². The van der Waals surface area contributed by atoms with Crippen molar-refractivity contribution in [2.75, 3.05) is 32.6 Å². The Kier molecular flexibility index (Phi) is 7.44. The number of hydrogen-bond acceptors (Lipinski definition) is 3. The fourth-order valence-corrected chi connectivity index (χ4v) is 2.66. The number of para-hydroxylation sites is 2. The van der Waals surface area contributed by atoms with Crippen molar-refractivity contribution >= 4 is 29.1 Å². The molecule has 2 rings (SSSR count). The number of rotatable bonds is 8. The number of methoxy groups -OCH3 is 1. The Balaban J connectivity index is 1.78. The van der Waals surface area contributed by atoms with E-state index in [1.54, 1.807) is 38.4 Å². The number of quaternary nitrogens is 1. The van der Waals surface area contributed by atoms with E-state index in [1.807, 2.05) is 24.3 Å². The molecule has 138 valence electrons. The third-order valence-electron chi connectivity index (χ3n) is 3.74. The van der Waals surface area contributed by atoms with Gasteiger partial charge < -0.3 is 20.3 Å². The van der Waals surface area contributed by atoms with E-state index in [0.717, 1.165) is 16.2 Å². The Morgan fingerprint density at radius 2 is 1.69 bits per heavy atom. The summed E-state index contributed by atoms with van der Waals surface area (Å²) in [6.45, 7) is 0.723. The maximum absolute atomic E-state index is 12.1. The number of carbonyl (C=O) groups excluding carboxylic acids is 2. The minimum atomic E-state index is -0.201. The molecule has 0 bridgehead atoms. The summed E-state index contributed by atoms with van der Waals surface area (Å²) < 4.78 is 5.26. The topological polar surface area (TPSA) is 71.9 Å². The second-order valence-corrected chi connectivity index (χ2v) is 6.33. The zero-order valence-electron chi connectivity index (χ0n) is 14.8. The Hall–Kier alpha value is -2.57. The molecule has 0 aliphatic heterocycles. The molecule has 2 aromatic carbocycles. The van der Waals surface area contributed by atoms with Crippen molar-refractivity contribution in [2.24, 2.45) is 0 Å². The molecule has 0 saturated carbocycles. The predicted octanol–water partition coefficient (Wildman–Crippen LogP) is 1.12. The molecular formula is C19H23ClN3O3+. The number of likely N-dealkylation sites (N-methyl/N-ethyl adjacent to an activating group) is 1. The summed E-state index contributed by atoms with van der Waals surface area (Å²) >= 11 is 6.02. The van der Waals surface area contributed by atoms with Gasteiger partial charge in [0.25, 0.3) is 11.8 Å². The number of halogens is 1. The first-order valence-electron chi connectivity index (χ1n) is 8.24. The van der Waals surface area contributed by atoms with E-state index >= 15 is 0 Å². The molecule has 2 aromatic rings. The van der Waals surface area contributed by atoms with Gasteiger partial charge in [-0.25, -0.2) is 0 Å². The summed E-state index contributed by atoms with van der Waals surface area (Å²) in [6, 6.07) is 14.5. The van der Waals surface area contributed by atoms with E-state index < -0.39 is 0 Å². The largest absolute Gasteiger partial charge is 0.496 e. The van der Waals surface area contributed by atoms with Crippen molar-refractivity contribution in [1.82, 2.24) is 5.32 Å². The molecule has 3 N–H and O–H groups in total. The standard InChI is InChI=1S/C19H22ClN3O3/c1-23(13-19(25)22-16-9-5-4-8-15(16)20)12-18(24)21-11-14-7-3-6-10-17(14)26-2/h3-10H,11-13H2,1-2H3,(H,21,24)(H,22,25)/p+1. The van der Waals surface area contributed by atoms with Gasteiger partial charge in [-0.3, -0.25) is 9.59 Å². The molecule has 1 atom stereocenters. The zero-order chi connectivity index (χ0) is 18.9. The number of ether oxygens (including phenoxy) is 1. The quantitative estimate of drug-likeness (QED) is 0.646. The molecule has 0 saturated heterocycles. The third-order valence-corrected chi connectivity index (χ3v) is 4.07. The number of hydrogen-bond donors (Lipinski definition) is 3. The normalized spacial score (nSPS) is 11.5. The summed E-state index contributed by atoms with van der Waals surface area (Å²) in [6.07, 6.45) is 0. The van der Waals surface area contributed by atoms with E-state index in [9.17, 15) is 9.59 Å². The lowest BCUT2D eigenvalue weighted by atomic mass is 10.2. The van der Waals surface area contributed by atoms with E-state index in [1.165, 1.54) is 0 Å². The van der Waals surface area contributed by atoms with Crippen LogP contribution in [0.5, 0.6) is 5.75 Å².